The van der Waals surface area contributed by atoms with E-state index in [0.29, 0.717) is 28.3 Å². The van der Waals surface area contributed by atoms with E-state index >= 15 is 0 Å². The second kappa shape index (κ2) is 6.55. The Balaban J connectivity index is 1.30. The lowest BCUT2D eigenvalue weighted by atomic mass is 9.89. The Bertz CT molecular complexity index is 1030. The minimum atomic E-state index is -0.441. The summed E-state index contributed by atoms with van der Waals surface area (Å²) in [7, 11) is 0. The Hall–Kier alpha value is -3.13. The van der Waals surface area contributed by atoms with E-state index in [-0.39, 0.29) is 12.0 Å². The average Bonchev–Trinajstić information content (AvgIpc) is 3.35. The lowest BCUT2D eigenvalue weighted by Crippen LogP contribution is -2.37. The molecule has 27 heavy (non-hydrogen) atoms. The van der Waals surface area contributed by atoms with Crippen LogP contribution >= 0.6 is 11.8 Å². The first-order chi connectivity index (χ1) is 13.3. The molecule has 0 radical (unpaired) electrons. The van der Waals surface area contributed by atoms with Gasteiger partial charge in [0.2, 0.25) is 5.89 Å². The second-order valence-electron chi connectivity index (χ2n) is 6.17. The number of nitrogens with one attached hydrogen (secondary N) is 1. The zero-order valence-electron chi connectivity index (χ0n) is 14.0. The molecule has 0 saturated heterocycles. The van der Waals surface area contributed by atoms with Gasteiger partial charge in [0, 0.05) is 16.9 Å². The van der Waals surface area contributed by atoms with Crippen LogP contribution in [-0.4, -0.2) is 27.6 Å². The van der Waals surface area contributed by atoms with E-state index in [1.165, 1.54) is 11.8 Å². The highest BCUT2D eigenvalue weighted by Crippen LogP contribution is 2.40. The number of nitrogens with zero attached hydrogens (tertiary/aromatic N) is 3. The number of rotatable bonds is 4. The van der Waals surface area contributed by atoms with E-state index in [1.807, 2.05) is 48.5 Å². The third kappa shape index (κ3) is 2.87. The maximum atomic E-state index is 12.4. The van der Waals surface area contributed by atoms with Gasteiger partial charge in [-0.25, -0.2) is 0 Å². The number of hydrogen-bond donors (Lipinski definition) is 1. The lowest BCUT2D eigenvalue weighted by molar-refractivity contribution is -0.138. The third-order valence-electron chi connectivity index (χ3n) is 4.53. The van der Waals surface area contributed by atoms with Crippen molar-refractivity contribution in [3.63, 3.8) is 0 Å². The standard InChI is InChI=1S/C19H14N4O3S/c24-18-15-13(20-21-16(15)12-8-4-5-9-14(12)25-18)10-27-19-23-22-17(26-19)11-6-2-1-3-7-11/h1-9,15-16,21H,10H2. The van der Waals surface area contributed by atoms with Crippen LogP contribution in [0.4, 0.5) is 0 Å². The van der Waals surface area contributed by atoms with Crippen molar-refractivity contribution < 1.29 is 13.9 Å². The Kier molecular flexibility index (Phi) is 3.90. The van der Waals surface area contributed by atoms with E-state index in [2.05, 4.69) is 20.7 Å². The van der Waals surface area contributed by atoms with Crippen LogP contribution in [0.3, 0.4) is 0 Å². The highest BCUT2D eigenvalue weighted by atomic mass is 32.2. The van der Waals surface area contributed by atoms with Crippen LogP contribution in [0.1, 0.15) is 11.6 Å². The van der Waals surface area contributed by atoms with Crippen LogP contribution in [0.2, 0.25) is 0 Å². The van der Waals surface area contributed by atoms with Gasteiger partial charge < -0.3 is 14.6 Å². The Morgan fingerprint density at radius 3 is 2.74 bits per heavy atom. The van der Waals surface area contributed by atoms with E-state index in [0.717, 1.165) is 11.1 Å². The van der Waals surface area contributed by atoms with Gasteiger partial charge in [-0.2, -0.15) is 5.10 Å². The molecule has 134 valence electrons. The molecule has 2 unspecified atom stereocenters. The molecule has 7 nitrogen and oxygen atoms in total. The smallest absolute Gasteiger partial charge is 0.322 e. The number of ether oxygens (including phenoxy) is 1. The van der Waals surface area contributed by atoms with E-state index < -0.39 is 5.92 Å². The summed E-state index contributed by atoms with van der Waals surface area (Å²) in [6, 6.07) is 16.9. The van der Waals surface area contributed by atoms with Gasteiger partial charge >= 0.3 is 5.97 Å². The Morgan fingerprint density at radius 2 is 1.85 bits per heavy atom. The van der Waals surface area contributed by atoms with Crippen LogP contribution in [0.5, 0.6) is 5.75 Å². The van der Waals surface area contributed by atoms with Gasteiger partial charge in [-0.05, 0) is 18.2 Å². The summed E-state index contributed by atoms with van der Waals surface area (Å²) >= 11 is 1.35. The summed E-state index contributed by atoms with van der Waals surface area (Å²) < 4.78 is 11.2. The summed E-state index contributed by atoms with van der Waals surface area (Å²) in [5, 5.41) is 12.9. The van der Waals surface area contributed by atoms with Crippen LogP contribution < -0.4 is 10.2 Å². The lowest BCUT2D eigenvalue weighted by Gasteiger charge is -2.26. The molecule has 2 aliphatic rings. The Morgan fingerprint density at radius 1 is 1.04 bits per heavy atom. The highest BCUT2D eigenvalue weighted by molar-refractivity contribution is 7.99. The van der Waals surface area contributed by atoms with Crippen molar-refractivity contribution in [3.05, 3.63) is 60.2 Å². The zero-order chi connectivity index (χ0) is 18.2. The van der Waals surface area contributed by atoms with E-state index in [1.54, 1.807) is 6.07 Å². The van der Waals surface area contributed by atoms with Crippen molar-refractivity contribution in [1.29, 1.82) is 0 Å². The molecule has 8 heteroatoms. The molecule has 0 amide bonds. The molecule has 0 saturated carbocycles. The second-order valence-corrected chi connectivity index (χ2v) is 7.10. The first kappa shape index (κ1) is 16.1. The summed E-state index contributed by atoms with van der Waals surface area (Å²) in [6.07, 6.45) is 0. The van der Waals surface area contributed by atoms with Gasteiger partial charge in [0.05, 0.1) is 11.8 Å². The molecule has 0 bridgehead atoms. The molecule has 5 rings (SSSR count). The molecule has 2 aromatic carbocycles. The summed E-state index contributed by atoms with van der Waals surface area (Å²) in [5.74, 6) is 0.780. The number of thioether (sulfide) groups is 1. The first-order valence-electron chi connectivity index (χ1n) is 8.44. The number of benzene rings is 2. The molecule has 3 heterocycles. The highest BCUT2D eigenvalue weighted by Gasteiger charge is 2.44. The number of carbonyl (C=O) groups is 1. The predicted molar refractivity (Wildman–Crippen MR) is 99.3 cm³/mol. The maximum Gasteiger partial charge on any atom is 0.322 e. The Labute approximate surface area is 158 Å². The number of hydrogen-bond acceptors (Lipinski definition) is 8. The van der Waals surface area contributed by atoms with Gasteiger partial charge in [0.15, 0.2) is 0 Å². The molecule has 1 N–H and O–H groups in total. The zero-order valence-corrected chi connectivity index (χ0v) is 14.8. The van der Waals surface area contributed by atoms with Crippen molar-refractivity contribution in [1.82, 2.24) is 15.6 Å². The van der Waals surface area contributed by atoms with Crippen molar-refractivity contribution in [2.45, 2.75) is 11.3 Å². The number of para-hydroxylation sites is 1. The van der Waals surface area contributed by atoms with Gasteiger partial charge in [0.25, 0.3) is 5.22 Å². The molecule has 2 aliphatic heterocycles. The fourth-order valence-electron chi connectivity index (χ4n) is 3.24. The van der Waals surface area contributed by atoms with Crippen molar-refractivity contribution in [3.8, 4) is 17.2 Å². The molecule has 2 atom stereocenters. The third-order valence-corrected chi connectivity index (χ3v) is 5.38. The monoisotopic (exact) mass is 378 g/mol. The molecule has 0 fully saturated rings. The summed E-state index contributed by atoms with van der Waals surface area (Å²) in [6.45, 7) is 0. The number of esters is 1. The van der Waals surface area contributed by atoms with Crippen molar-refractivity contribution >= 4 is 23.4 Å². The van der Waals surface area contributed by atoms with Gasteiger partial charge in [-0.15, -0.1) is 10.2 Å². The van der Waals surface area contributed by atoms with Crippen LogP contribution in [0.25, 0.3) is 11.5 Å². The average molecular weight is 378 g/mol. The molecule has 1 aromatic heterocycles. The summed E-state index contributed by atoms with van der Waals surface area (Å²) in [4.78, 5) is 12.4. The molecular weight excluding hydrogens is 364 g/mol. The largest absolute Gasteiger partial charge is 0.426 e. The number of aromatic nitrogens is 2. The fraction of sp³-hybridized carbons (Fsp3) is 0.158. The topological polar surface area (TPSA) is 89.6 Å². The van der Waals surface area contributed by atoms with Gasteiger partial charge in [-0.1, -0.05) is 48.2 Å². The quantitative estimate of drug-likeness (QED) is 0.424. The fourth-order valence-corrected chi connectivity index (χ4v) is 3.99. The molecular formula is C19H14N4O3S. The normalized spacial score (nSPS) is 20.3. The SMILES string of the molecule is O=C1Oc2ccccc2C2NN=C(CSc3nnc(-c4ccccc4)o3)C12. The maximum absolute atomic E-state index is 12.4. The molecule has 0 spiro atoms. The number of hydrazone groups is 1. The first-order valence-corrected chi connectivity index (χ1v) is 9.42. The van der Waals surface area contributed by atoms with E-state index in [4.69, 9.17) is 9.15 Å². The predicted octanol–water partition coefficient (Wildman–Crippen LogP) is 3.06. The minimum absolute atomic E-state index is 0.194. The van der Waals surface area contributed by atoms with Gasteiger partial charge in [-0.3, -0.25) is 4.79 Å². The number of carbonyl (C=O) groups excluding carboxylic acids is 1. The summed E-state index contributed by atoms with van der Waals surface area (Å²) in [5.41, 5.74) is 5.59. The van der Waals surface area contributed by atoms with Crippen LogP contribution in [0, 0.1) is 5.92 Å². The van der Waals surface area contributed by atoms with Crippen molar-refractivity contribution in [2.75, 3.05) is 5.75 Å². The molecule has 3 aromatic rings. The van der Waals surface area contributed by atoms with E-state index in [9.17, 15) is 4.79 Å². The van der Waals surface area contributed by atoms with Crippen molar-refractivity contribution in [2.24, 2.45) is 11.0 Å². The van der Waals surface area contributed by atoms with Gasteiger partial charge in [0.1, 0.15) is 11.7 Å². The van der Waals surface area contributed by atoms with Crippen LogP contribution in [-0.2, 0) is 4.79 Å². The molecule has 0 aliphatic carbocycles. The minimum Gasteiger partial charge on any atom is -0.426 e. The van der Waals surface area contributed by atoms with Crippen LogP contribution in [0.15, 0.2) is 69.3 Å². The number of fused-ring (bicyclic) bond motifs is 3.